The molecule has 0 amide bonds. The molecule has 0 atom stereocenters. The number of aromatic hydroxyl groups is 2. The zero-order chi connectivity index (χ0) is 27.0. The van der Waals surface area contributed by atoms with Crippen LogP contribution in [0, 0.1) is 5.41 Å². The summed E-state index contributed by atoms with van der Waals surface area (Å²) in [6.45, 7) is 5.34. The Bertz CT molecular complexity index is 1640. The van der Waals surface area contributed by atoms with Gasteiger partial charge in [-0.2, -0.15) is 0 Å². The van der Waals surface area contributed by atoms with Crippen molar-refractivity contribution in [3.05, 3.63) is 82.6 Å². The molecule has 4 aromatic heterocycles. The second-order valence-corrected chi connectivity index (χ2v) is 14.2. The van der Waals surface area contributed by atoms with Crippen LogP contribution in [0.15, 0.2) is 81.4 Å². The molecule has 0 radical (unpaired) electrons. The second kappa shape index (κ2) is 10.7. The van der Waals surface area contributed by atoms with Gasteiger partial charge >= 0.3 is 0 Å². The smallest absolute Gasteiger partial charge is 0.124 e. The van der Waals surface area contributed by atoms with Crippen molar-refractivity contribution in [1.82, 2.24) is 0 Å². The fraction of sp³-hybridized carbons (Fsp3) is 0.161. The molecule has 6 rings (SSSR count). The maximum Gasteiger partial charge on any atom is 0.124 e. The van der Waals surface area contributed by atoms with E-state index in [0.29, 0.717) is 24.2 Å². The third-order valence-electron chi connectivity index (χ3n) is 6.40. The summed E-state index contributed by atoms with van der Waals surface area (Å²) in [6, 6.07) is 20.1. The van der Waals surface area contributed by atoms with Gasteiger partial charge in [0.2, 0.25) is 0 Å². The number of thiophene rings is 4. The van der Waals surface area contributed by atoms with E-state index < -0.39 is 0 Å². The van der Waals surface area contributed by atoms with Crippen LogP contribution in [0.1, 0.15) is 25.0 Å². The van der Waals surface area contributed by atoms with Crippen LogP contribution in [-0.2, 0) is 0 Å². The summed E-state index contributed by atoms with van der Waals surface area (Å²) in [7, 11) is 0. The monoisotopic (exact) mass is 586 g/mol. The number of hydrogen-bond acceptors (Lipinski definition) is 8. The fourth-order valence-electron chi connectivity index (χ4n) is 4.27. The molecule has 0 aliphatic heterocycles. The number of hydrogen-bond donors (Lipinski definition) is 2. The lowest BCUT2D eigenvalue weighted by molar-refractivity contribution is 0.396. The third-order valence-corrected chi connectivity index (χ3v) is 10.7. The first kappa shape index (κ1) is 26.0. The van der Waals surface area contributed by atoms with E-state index in [1.54, 1.807) is 69.9 Å². The Kier molecular flexibility index (Phi) is 7.12. The number of phenols is 2. The van der Waals surface area contributed by atoms with Crippen LogP contribution in [0.4, 0.5) is 0 Å². The lowest BCUT2D eigenvalue weighted by Crippen LogP contribution is -2.19. The standard InChI is InChI=1S/C31H26N2O2S4/c1-31(2,17-32-15-21-11-19(3-5-23(21)34)27-13-29-25(38-27)7-9-36-29)18-33-16-22-12-20(4-6-24(22)35)28-14-30-26(39-28)8-10-37-30/h3-16,34-35H,17-18H2,1-2H3. The molecule has 0 saturated carbocycles. The fourth-order valence-corrected chi connectivity index (χ4v) is 8.48. The van der Waals surface area contributed by atoms with Gasteiger partial charge in [-0.15, -0.1) is 45.3 Å². The highest BCUT2D eigenvalue weighted by molar-refractivity contribution is 7.29. The van der Waals surface area contributed by atoms with E-state index >= 15 is 0 Å². The normalized spacial score (nSPS) is 12.6. The maximum atomic E-state index is 10.4. The molecular formula is C31H26N2O2S4. The molecular weight excluding hydrogens is 561 g/mol. The van der Waals surface area contributed by atoms with Gasteiger partial charge in [0.1, 0.15) is 11.5 Å². The first-order valence-corrected chi connectivity index (χ1v) is 15.8. The van der Waals surface area contributed by atoms with E-state index in [1.807, 2.05) is 24.3 Å². The van der Waals surface area contributed by atoms with Crippen molar-refractivity contribution in [2.75, 3.05) is 13.1 Å². The minimum absolute atomic E-state index is 0.191. The molecule has 39 heavy (non-hydrogen) atoms. The number of phenolic OH excluding ortho intramolecular Hbond substituents is 2. The lowest BCUT2D eigenvalue weighted by Gasteiger charge is -2.19. The number of benzene rings is 2. The van der Waals surface area contributed by atoms with Gasteiger partial charge in [0, 0.05) is 70.6 Å². The van der Waals surface area contributed by atoms with Crippen molar-refractivity contribution in [3.8, 4) is 32.4 Å². The predicted octanol–water partition coefficient (Wildman–Crippen LogP) is 9.55. The zero-order valence-electron chi connectivity index (χ0n) is 21.4. The van der Waals surface area contributed by atoms with E-state index in [9.17, 15) is 10.2 Å². The molecule has 4 heterocycles. The number of aliphatic imine (C=N–C) groups is 2. The van der Waals surface area contributed by atoms with Crippen LogP contribution in [0.25, 0.3) is 39.7 Å². The van der Waals surface area contributed by atoms with E-state index in [-0.39, 0.29) is 16.9 Å². The second-order valence-electron chi connectivity index (χ2n) is 10.2. The molecule has 0 aliphatic rings. The Morgan fingerprint density at radius 1 is 0.641 bits per heavy atom. The van der Waals surface area contributed by atoms with Crippen LogP contribution in [0.5, 0.6) is 11.5 Å². The van der Waals surface area contributed by atoms with E-state index in [1.165, 1.54) is 28.6 Å². The van der Waals surface area contributed by atoms with Gasteiger partial charge in [0.05, 0.1) is 0 Å². The lowest BCUT2D eigenvalue weighted by atomic mass is 9.94. The van der Waals surface area contributed by atoms with Crippen molar-refractivity contribution in [2.24, 2.45) is 15.4 Å². The molecule has 196 valence electrons. The van der Waals surface area contributed by atoms with Gasteiger partial charge in [-0.05, 0) is 82.6 Å². The summed E-state index contributed by atoms with van der Waals surface area (Å²) in [5.41, 5.74) is 3.38. The predicted molar refractivity (Wildman–Crippen MR) is 172 cm³/mol. The summed E-state index contributed by atoms with van der Waals surface area (Å²) in [4.78, 5) is 11.7. The molecule has 2 N–H and O–H groups in total. The highest BCUT2D eigenvalue weighted by atomic mass is 32.1. The highest BCUT2D eigenvalue weighted by Gasteiger charge is 2.17. The molecule has 0 aliphatic carbocycles. The minimum atomic E-state index is -0.191. The Morgan fingerprint density at radius 3 is 1.54 bits per heavy atom. The molecule has 0 bridgehead atoms. The summed E-state index contributed by atoms with van der Waals surface area (Å²) < 4.78 is 5.14. The average Bonchev–Trinajstić information content (AvgIpc) is 3.67. The van der Waals surface area contributed by atoms with Crippen molar-refractivity contribution < 1.29 is 10.2 Å². The topological polar surface area (TPSA) is 65.2 Å². The van der Waals surface area contributed by atoms with E-state index in [4.69, 9.17) is 0 Å². The molecule has 0 saturated heterocycles. The summed E-state index contributed by atoms with van der Waals surface area (Å²) >= 11 is 7.01. The van der Waals surface area contributed by atoms with Crippen LogP contribution in [0.3, 0.4) is 0 Å². The first-order valence-electron chi connectivity index (χ1n) is 12.5. The Hall–Kier alpha value is -3.30. The Labute approximate surface area is 242 Å². The number of rotatable bonds is 8. The maximum absolute atomic E-state index is 10.4. The van der Waals surface area contributed by atoms with Crippen LogP contribution >= 0.6 is 45.3 Å². The molecule has 8 heteroatoms. The van der Waals surface area contributed by atoms with Crippen molar-refractivity contribution >= 4 is 76.6 Å². The number of fused-ring (bicyclic) bond motifs is 2. The largest absolute Gasteiger partial charge is 0.507 e. The van der Waals surface area contributed by atoms with Gasteiger partial charge < -0.3 is 10.2 Å². The van der Waals surface area contributed by atoms with Crippen molar-refractivity contribution in [3.63, 3.8) is 0 Å². The summed E-state index contributed by atoms with van der Waals surface area (Å²) in [5, 5.41) is 25.0. The Balaban J connectivity index is 1.12. The molecule has 2 aromatic carbocycles. The van der Waals surface area contributed by atoms with Gasteiger partial charge in [0.25, 0.3) is 0 Å². The summed E-state index contributed by atoms with van der Waals surface area (Å²) in [6.07, 6.45) is 3.50. The van der Waals surface area contributed by atoms with Gasteiger partial charge in [-0.1, -0.05) is 13.8 Å². The van der Waals surface area contributed by atoms with E-state index in [0.717, 1.165) is 11.1 Å². The van der Waals surface area contributed by atoms with Crippen LogP contribution in [-0.4, -0.2) is 35.7 Å². The molecule has 0 fully saturated rings. The number of nitrogens with zero attached hydrogens (tertiary/aromatic N) is 2. The highest BCUT2D eigenvalue weighted by Crippen LogP contribution is 2.38. The van der Waals surface area contributed by atoms with E-state index in [2.05, 4.69) is 58.9 Å². The third kappa shape index (κ3) is 5.70. The quantitative estimate of drug-likeness (QED) is 0.174. The molecule has 4 nitrogen and oxygen atoms in total. The van der Waals surface area contributed by atoms with Crippen LogP contribution < -0.4 is 0 Å². The van der Waals surface area contributed by atoms with Crippen LogP contribution in [0.2, 0.25) is 0 Å². The SMILES string of the molecule is CC(C)(CN=Cc1cc(-c2cc3sccc3s2)ccc1O)CN=Cc1cc(-c2cc3sccc3s2)ccc1O. The van der Waals surface area contributed by atoms with Gasteiger partial charge in [-0.3, -0.25) is 9.98 Å². The average molecular weight is 587 g/mol. The minimum Gasteiger partial charge on any atom is -0.507 e. The molecule has 0 spiro atoms. The first-order chi connectivity index (χ1) is 18.8. The van der Waals surface area contributed by atoms with Crippen molar-refractivity contribution in [2.45, 2.75) is 13.8 Å². The zero-order valence-corrected chi connectivity index (χ0v) is 24.7. The Morgan fingerprint density at radius 2 is 1.10 bits per heavy atom. The van der Waals surface area contributed by atoms with Gasteiger partial charge in [-0.25, -0.2) is 0 Å². The van der Waals surface area contributed by atoms with Gasteiger partial charge in [0.15, 0.2) is 0 Å². The summed E-state index contributed by atoms with van der Waals surface area (Å²) in [5.74, 6) is 0.440. The molecule has 6 aromatic rings. The molecule has 0 unspecified atom stereocenters. The van der Waals surface area contributed by atoms with Crippen molar-refractivity contribution in [1.29, 1.82) is 0 Å².